The van der Waals surface area contributed by atoms with Crippen LogP contribution in [0.3, 0.4) is 0 Å². The van der Waals surface area contributed by atoms with Crippen molar-refractivity contribution in [2.45, 2.75) is 19.8 Å². The lowest BCUT2D eigenvalue weighted by atomic mass is 10.1. The third-order valence-electron chi connectivity index (χ3n) is 4.66. The molecule has 2 aromatic heterocycles. The van der Waals surface area contributed by atoms with Crippen molar-refractivity contribution in [2.24, 2.45) is 5.73 Å². The van der Waals surface area contributed by atoms with Gasteiger partial charge in [0.2, 0.25) is 5.91 Å². The molecular weight excluding hydrogens is 418 g/mol. The number of aryl methyl sites for hydroxylation is 1. The van der Waals surface area contributed by atoms with Gasteiger partial charge in [-0.15, -0.1) is 0 Å². The number of nitrogens with zero attached hydrogens (tertiary/aromatic N) is 3. The largest absolute Gasteiger partial charge is 0.365 e. The topological polar surface area (TPSA) is 115 Å². The molecule has 0 aliphatic rings. The molecule has 0 saturated heterocycles. The molecule has 0 bridgehead atoms. The van der Waals surface area contributed by atoms with Crippen LogP contribution in [-0.4, -0.2) is 40.1 Å². The number of carbonyl (C=O) groups is 1. The van der Waals surface area contributed by atoms with Crippen molar-refractivity contribution in [3.8, 4) is 5.82 Å². The number of halogens is 2. The molecule has 10 heteroatoms. The first-order valence-electron chi connectivity index (χ1n) is 10.1. The molecular formula is C22H24F2N6O2. The second-order valence-electron chi connectivity index (χ2n) is 7.12. The van der Waals surface area contributed by atoms with Crippen LogP contribution in [0.15, 0.2) is 47.4 Å². The fraction of sp³-hybridized carbons (Fsp3) is 0.273. The van der Waals surface area contributed by atoms with Crippen molar-refractivity contribution >= 4 is 11.7 Å². The predicted molar refractivity (Wildman–Crippen MR) is 117 cm³/mol. The van der Waals surface area contributed by atoms with Gasteiger partial charge in [0.05, 0.1) is 12.1 Å². The standard InChI is InChI=1S/C22H24F2N6O2/c1-14-13-28-21(27-9-7-15-5-6-17(23)18(24)11-15)22(32)30(14)19-4-2-3-16(29-19)12-20(31)26-10-8-25/h2-6,11,13H,7-10,12,25H2,1H3,(H,26,31)(H,27,28). The fourth-order valence-corrected chi connectivity index (χ4v) is 3.09. The van der Waals surface area contributed by atoms with E-state index in [4.69, 9.17) is 5.73 Å². The number of hydrogen-bond donors (Lipinski definition) is 3. The molecule has 0 spiro atoms. The number of nitrogens with one attached hydrogen (secondary N) is 2. The van der Waals surface area contributed by atoms with Crippen LogP contribution in [0.25, 0.3) is 5.82 Å². The highest BCUT2D eigenvalue weighted by atomic mass is 19.2. The van der Waals surface area contributed by atoms with Gasteiger partial charge in [0.15, 0.2) is 17.5 Å². The second-order valence-corrected chi connectivity index (χ2v) is 7.12. The number of rotatable bonds is 9. The number of carbonyl (C=O) groups excluding carboxylic acids is 1. The number of nitrogens with two attached hydrogens (primary N) is 1. The highest BCUT2D eigenvalue weighted by Gasteiger charge is 2.12. The lowest BCUT2D eigenvalue weighted by Crippen LogP contribution is -2.30. The molecule has 2 heterocycles. The van der Waals surface area contributed by atoms with E-state index in [2.05, 4.69) is 20.6 Å². The average Bonchev–Trinajstić information content (AvgIpc) is 2.76. The van der Waals surface area contributed by atoms with Crippen molar-refractivity contribution in [2.75, 3.05) is 25.0 Å². The highest BCUT2D eigenvalue weighted by Crippen LogP contribution is 2.11. The van der Waals surface area contributed by atoms with Crippen LogP contribution >= 0.6 is 0 Å². The third-order valence-corrected chi connectivity index (χ3v) is 4.66. The zero-order valence-electron chi connectivity index (χ0n) is 17.6. The lowest BCUT2D eigenvalue weighted by molar-refractivity contribution is -0.120. The van der Waals surface area contributed by atoms with E-state index >= 15 is 0 Å². The molecule has 0 saturated carbocycles. The second kappa shape index (κ2) is 10.6. The monoisotopic (exact) mass is 442 g/mol. The van der Waals surface area contributed by atoms with E-state index in [1.165, 1.54) is 16.8 Å². The van der Waals surface area contributed by atoms with Gasteiger partial charge in [-0.3, -0.25) is 14.2 Å². The molecule has 32 heavy (non-hydrogen) atoms. The van der Waals surface area contributed by atoms with E-state index in [1.807, 2.05) is 0 Å². The van der Waals surface area contributed by atoms with Gasteiger partial charge < -0.3 is 16.4 Å². The van der Waals surface area contributed by atoms with Crippen LogP contribution in [0.2, 0.25) is 0 Å². The summed E-state index contributed by atoms with van der Waals surface area (Å²) in [6.07, 6.45) is 1.97. The Kier molecular flexibility index (Phi) is 7.61. The lowest BCUT2D eigenvalue weighted by Gasteiger charge is -2.13. The van der Waals surface area contributed by atoms with Crippen molar-refractivity contribution in [3.05, 3.63) is 81.5 Å². The summed E-state index contributed by atoms with van der Waals surface area (Å²) >= 11 is 0. The summed E-state index contributed by atoms with van der Waals surface area (Å²) in [6.45, 7) is 2.74. The molecule has 168 valence electrons. The Morgan fingerprint density at radius 1 is 1.16 bits per heavy atom. The van der Waals surface area contributed by atoms with Gasteiger partial charge in [0, 0.05) is 31.5 Å². The van der Waals surface area contributed by atoms with E-state index in [1.54, 1.807) is 25.1 Å². The van der Waals surface area contributed by atoms with Crippen LogP contribution < -0.4 is 21.9 Å². The van der Waals surface area contributed by atoms with Crippen LogP contribution in [-0.2, 0) is 17.6 Å². The van der Waals surface area contributed by atoms with Gasteiger partial charge >= 0.3 is 0 Å². The molecule has 0 unspecified atom stereocenters. The molecule has 3 rings (SSSR count). The van der Waals surface area contributed by atoms with E-state index < -0.39 is 17.2 Å². The summed E-state index contributed by atoms with van der Waals surface area (Å²) in [5.41, 5.74) is 6.64. The van der Waals surface area contributed by atoms with Gasteiger partial charge in [-0.05, 0) is 43.2 Å². The zero-order chi connectivity index (χ0) is 23.1. The molecule has 0 fully saturated rings. The Hall–Kier alpha value is -3.66. The first-order chi connectivity index (χ1) is 15.4. The van der Waals surface area contributed by atoms with Gasteiger partial charge in [0.25, 0.3) is 5.56 Å². The first-order valence-corrected chi connectivity index (χ1v) is 10.1. The Labute approximate surface area is 183 Å². The minimum atomic E-state index is -0.916. The van der Waals surface area contributed by atoms with Crippen molar-refractivity contribution in [1.82, 2.24) is 19.9 Å². The van der Waals surface area contributed by atoms with Crippen molar-refractivity contribution in [1.29, 1.82) is 0 Å². The molecule has 4 N–H and O–H groups in total. The Morgan fingerprint density at radius 3 is 2.72 bits per heavy atom. The molecule has 1 aromatic carbocycles. The molecule has 8 nitrogen and oxygen atoms in total. The maximum absolute atomic E-state index is 13.4. The molecule has 1 amide bonds. The normalized spacial score (nSPS) is 10.8. The van der Waals surface area contributed by atoms with Crippen molar-refractivity contribution in [3.63, 3.8) is 0 Å². The summed E-state index contributed by atoms with van der Waals surface area (Å²) in [4.78, 5) is 33.5. The zero-order valence-corrected chi connectivity index (χ0v) is 17.6. The van der Waals surface area contributed by atoms with Gasteiger partial charge in [0.1, 0.15) is 5.82 Å². The predicted octanol–water partition coefficient (Wildman–Crippen LogP) is 1.49. The molecule has 0 aliphatic heterocycles. The molecule has 3 aromatic rings. The number of amides is 1. The number of pyridine rings is 1. The summed E-state index contributed by atoms with van der Waals surface area (Å²) in [5, 5.41) is 5.62. The minimum absolute atomic E-state index is 0.0616. The van der Waals surface area contributed by atoms with Crippen LogP contribution in [0.1, 0.15) is 17.0 Å². The molecule has 0 atom stereocenters. The van der Waals surface area contributed by atoms with Crippen LogP contribution in [0.4, 0.5) is 14.6 Å². The number of benzene rings is 1. The summed E-state index contributed by atoms with van der Waals surface area (Å²) in [5.74, 6) is -1.57. The SMILES string of the molecule is Cc1cnc(NCCc2ccc(F)c(F)c2)c(=O)n1-c1cccc(CC(=O)NCCN)n1. The van der Waals surface area contributed by atoms with E-state index in [0.29, 0.717) is 48.8 Å². The van der Waals surface area contributed by atoms with Gasteiger partial charge in [-0.1, -0.05) is 12.1 Å². The molecule has 0 radical (unpaired) electrons. The molecule has 0 aliphatic carbocycles. The van der Waals surface area contributed by atoms with Crippen LogP contribution in [0, 0.1) is 18.6 Å². The minimum Gasteiger partial charge on any atom is -0.365 e. The third kappa shape index (κ3) is 5.73. The van der Waals surface area contributed by atoms with Gasteiger partial charge in [-0.2, -0.15) is 0 Å². The maximum atomic E-state index is 13.4. The number of anilines is 1. The van der Waals surface area contributed by atoms with E-state index in [9.17, 15) is 18.4 Å². The maximum Gasteiger partial charge on any atom is 0.299 e. The number of aromatic nitrogens is 3. The van der Waals surface area contributed by atoms with E-state index in [-0.39, 0.29) is 18.1 Å². The highest BCUT2D eigenvalue weighted by molar-refractivity contribution is 5.78. The average molecular weight is 442 g/mol. The summed E-state index contributed by atoms with van der Waals surface area (Å²) in [6, 6.07) is 8.76. The Balaban J connectivity index is 1.76. The smallest absolute Gasteiger partial charge is 0.299 e. The number of hydrogen-bond acceptors (Lipinski definition) is 6. The van der Waals surface area contributed by atoms with Crippen LogP contribution in [0.5, 0.6) is 0 Å². The first kappa shape index (κ1) is 23.0. The fourth-order valence-electron chi connectivity index (χ4n) is 3.09. The van der Waals surface area contributed by atoms with Gasteiger partial charge in [-0.25, -0.2) is 18.7 Å². The van der Waals surface area contributed by atoms with E-state index in [0.717, 1.165) is 12.1 Å². The summed E-state index contributed by atoms with van der Waals surface area (Å²) < 4.78 is 27.8. The summed E-state index contributed by atoms with van der Waals surface area (Å²) in [7, 11) is 0. The Bertz CT molecular complexity index is 1170. The van der Waals surface area contributed by atoms with Crippen molar-refractivity contribution < 1.29 is 13.6 Å². The Morgan fingerprint density at radius 2 is 1.97 bits per heavy atom. The quantitative estimate of drug-likeness (QED) is 0.463.